The second-order valence-corrected chi connectivity index (χ2v) is 8.85. The van der Waals surface area contributed by atoms with Gasteiger partial charge in [0.25, 0.3) is 5.91 Å². The molecule has 1 aliphatic heterocycles. The van der Waals surface area contributed by atoms with Crippen molar-refractivity contribution in [2.45, 2.75) is 31.5 Å². The number of likely N-dealkylation sites (N-methyl/N-ethyl adjacent to an activating group) is 1. The Kier molecular flexibility index (Phi) is 5.80. The van der Waals surface area contributed by atoms with E-state index in [1.54, 1.807) is 7.11 Å². The second-order valence-electron chi connectivity index (χ2n) is 8.85. The molecule has 5 N–H and O–H groups in total. The zero-order valence-electron chi connectivity index (χ0n) is 19.2. The molecule has 1 aromatic heterocycles. The third-order valence-corrected chi connectivity index (χ3v) is 6.52. The summed E-state index contributed by atoms with van der Waals surface area (Å²) >= 11 is 0. The van der Waals surface area contributed by atoms with Crippen molar-refractivity contribution in [1.29, 1.82) is 0 Å². The van der Waals surface area contributed by atoms with Crippen molar-refractivity contribution in [1.82, 2.24) is 14.9 Å². The number of nitrogens with one attached hydrogen (secondary N) is 2. The van der Waals surface area contributed by atoms with Gasteiger partial charge in [-0.15, -0.1) is 0 Å². The lowest BCUT2D eigenvalue weighted by Crippen LogP contribution is -2.26. The number of carbonyl (C=O) groups is 1. The van der Waals surface area contributed by atoms with Crippen molar-refractivity contribution in [3.05, 3.63) is 70.4 Å². The number of nitrogens with zero attached hydrogens (tertiary/aromatic N) is 3. The molecule has 176 valence electrons. The molecule has 3 aromatic rings. The standard InChI is InChI=1S/C25H28N6O3/c1-31-8-7-14-11-21(34-2)19(9-16(14)13-31)28-25-27-12-18(23(26)33)24(30-25)29-22-17-6-4-3-5-15(17)10-20(22)32/h3-6,9,11-12,20,22,32H,7-8,10,13H2,1-2H3,(H2,26,33)(H2,27,28,29,30)/t20-,22+/m1/s1. The highest BCUT2D eigenvalue weighted by atomic mass is 16.5. The number of hydrogen-bond donors (Lipinski definition) is 4. The summed E-state index contributed by atoms with van der Waals surface area (Å²) in [5.41, 5.74) is 11.0. The lowest BCUT2D eigenvalue weighted by molar-refractivity contribution is 0.1000. The summed E-state index contributed by atoms with van der Waals surface area (Å²) < 4.78 is 5.61. The fourth-order valence-electron chi connectivity index (χ4n) is 4.74. The van der Waals surface area contributed by atoms with Crippen molar-refractivity contribution < 1.29 is 14.6 Å². The van der Waals surface area contributed by atoms with Gasteiger partial charge in [-0.2, -0.15) is 4.98 Å². The first-order valence-corrected chi connectivity index (χ1v) is 11.3. The van der Waals surface area contributed by atoms with Crippen LogP contribution in [0.5, 0.6) is 5.75 Å². The third kappa shape index (κ3) is 4.15. The summed E-state index contributed by atoms with van der Waals surface area (Å²) in [7, 11) is 3.73. The molecule has 5 rings (SSSR count). The Bertz CT molecular complexity index is 1250. The summed E-state index contributed by atoms with van der Waals surface area (Å²) in [5, 5.41) is 17.1. The number of carbonyl (C=O) groups excluding carboxylic acids is 1. The van der Waals surface area contributed by atoms with E-state index in [0.717, 1.165) is 36.3 Å². The Morgan fingerprint density at radius 2 is 2.06 bits per heavy atom. The van der Waals surface area contributed by atoms with Gasteiger partial charge in [-0.3, -0.25) is 4.79 Å². The highest BCUT2D eigenvalue weighted by Gasteiger charge is 2.32. The van der Waals surface area contributed by atoms with E-state index in [4.69, 9.17) is 10.5 Å². The molecule has 2 atom stereocenters. The number of aliphatic hydroxyl groups is 1. The van der Waals surface area contributed by atoms with Gasteiger partial charge in [0, 0.05) is 25.7 Å². The maximum atomic E-state index is 12.1. The van der Waals surface area contributed by atoms with Crippen LogP contribution in [0.15, 0.2) is 42.6 Å². The number of aromatic nitrogens is 2. The maximum absolute atomic E-state index is 12.1. The zero-order valence-corrected chi connectivity index (χ0v) is 19.2. The Labute approximate surface area is 198 Å². The minimum atomic E-state index is -0.651. The molecule has 2 aliphatic rings. The van der Waals surface area contributed by atoms with E-state index in [1.165, 1.54) is 17.3 Å². The molecule has 0 unspecified atom stereocenters. The van der Waals surface area contributed by atoms with Crippen LogP contribution < -0.4 is 21.1 Å². The quantitative estimate of drug-likeness (QED) is 0.442. The third-order valence-electron chi connectivity index (χ3n) is 6.52. The molecule has 0 radical (unpaired) electrons. The van der Waals surface area contributed by atoms with E-state index in [9.17, 15) is 9.90 Å². The smallest absolute Gasteiger partial charge is 0.254 e. The summed E-state index contributed by atoms with van der Waals surface area (Å²) in [6.07, 6.45) is 2.23. The first kappa shape index (κ1) is 22.1. The predicted octanol–water partition coefficient (Wildman–Crippen LogP) is 2.39. The average molecular weight is 461 g/mol. The van der Waals surface area contributed by atoms with Crippen LogP contribution in [-0.4, -0.2) is 52.7 Å². The number of anilines is 3. The highest BCUT2D eigenvalue weighted by molar-refractivity contribution is 5.97. The topological polar surface area (TPSA) is 126 Å². The zero-order chi connectivity index (χ0) is 23.8. The molecule has 1 aliphatic carbocycles. The molecule has 2 aromatic carbocycles. The molecule has 0 saturated carbocycles. The van der Waals surface area contributed by atoms with Gasteiger partial charge in [0.2, 0.25) is 5.95 Å². The molecular weight excluding hydrogens is 432 g/mol. The molecule has 0 bridgehead atoms. The van der Waals surface area contributed by atoms with Crippen LogP contribution >= 0.6 is 0 Å². The molecule has 1 amide bonds. The minimum Gasteiger partial charge on any atom is -0.495 e. The van der Waals surface area contributed by atoms with E-state index < -0.39 is 18.1 Å². The number of fused-ring (bicyclic) bond motifs is 2. The number of ether oxygens (including phenoxy) is 1. The first-order valence-electron chi connectivity index (χ1n) is 11.3. The number of methoxy groups -OCH3 is 1. The Morgan fingerprint density at radius 1 is 1.24 bits per heavy atom. The van der Waals surface area contributed by atoms with Gasteiger partial charge in [-0.25, -0.2) is 4.98 Å². The van der Waals surface area contributed by atoms with Crippen LogP contribution in [0.4, 0.5) is 17.5 Å². The normalized spacial score (nSPS) is 19.3. The summed E-state index contributed by atoms with van der Waals surface area (Å²) in [6, 6.07) is 11.5. The van der Waals surface area contributed by atoms with E-state index in [-0.39, 0.29) is 17.3 Å². The van der Waals surface area contributed by atoms with Crippen LogP contribution in [0, 0.1) is 0 Å². The SMILES string of the molecule is COc1cc2c(cc1Nc1ncc(C(N)=O)c(N[C@H]3c4ccccc4C[C@H]3O)n1)CN(C)CC2. The van der Waals surface area contributed by atoms with Gasteiger partial charge in [0.1, 0.15) is 11.6 Å². The predicted molar refractivity (Wildman–Crippen MR) is 129 cm³/mol. The number of nitrogens with two attached hydrogens (primary N) is 1. The van der Waals surface area contributed by atoms with Crippen LogP contribution in [0.1, 0.15) is 38.7 Å². The number of benzene rings is 2. The fraction of sp³-hybridized carbons (Fsp3) is 0.320. The molecule has 2 heterocycles. The maximum Gasteiger partial charge on any atom is 0.254 e. The van der Waals surface area contributed by atoms with Crippen molar-refractivity contribution in [3.8, 4) is 5.75 Å². The number of primary amides is 1. The van der Waals surface area contributed by atoms with Crippen LogP contribution in [-0.2, 0) is 19.4 Å². The minimum absolute atomic E-state index is 0.154. The van der Waals surface area contributed by atoms with E-state index in [2.05, 4.69) is 38.6 Å². The van der Waals surface area contributed by atoms with Gasteiger partial charge in [0.15, 0.2) is 0 Å². The van der Waals surface area contributed by atoms with Crippen LogP contribution in [0.25, 0.3) is 0 Å². The second kappa shape index (κ2) is 8.92. The largest absolute Gasteiger partial charge is 0.495 e. The molecule has 9 heteroatoms. The van der Waals surface area contributed by atoms with Crippen LogP contribution in [0.2, 0.25) is 0 Å². The van der Waals surface area contributed by atoms with Crippen molar-refractivity contribution >= 4 is 23.4 Å². The van der Waals surface area contributed by atoms with E-state index in [0.29, 0.717) is 12.2 Å². The Morgan fingerprint density at radius 3 is 2.85 bits per heavy atom. The molecule has 0 saturated heterocycles. The Hall–Kier alpha value is -3.69. The molecule has 34 heavy (non-hydrogen) atoms. The van der Waals surface area contributed by atoms with Gasteiger partial charge in [-0.1, -0.05) is 24.3 Å². The van der Waals surface area contributed by atoms with Crippen molar-refractivity contribution in [2.24, 2.45) is 5.73 Å². The van der Waals surface area contributed by atoms with Gasteiger partial charge in [-0.05, 0) is 47.9 Å². The van der Waals surface area contributed by atoms with Gasteiger partial charge in [0.05, 0.1) is 30.5 Å². The Balaban J connectivity index is 1.47. The van der Waals surface area contributed by atoms with Gasteiger partial charge >= 0.3 is 0 Å². The first-order chi connectivity index (χ1) is 16.4. The monoisotopic (exact) mass is 460 g/mol. The molecular formula is C25H28N6O3. The lowest BCUT2D eigenvalue weighted by Gasteiger charge is -2.26. The number of rotatable bonds is 6. The van der Waals surface area contributed by atoms with E-state index in [1.807, 2.05) is 30.3 Å². The highest BCUT2D eigenvalue weighted by Crippen LogP contribution is 2.36. The lowest BCUT2D eigenvalue weighted by atomic mass is 9.99. The molecule has 0 fully saturated rings. The average Bonchev–Trinajstić information content (AvgIpc) is 3.13. The van der Waals surface area contributed by atoms with Crippen molar-refractivity contribution in [2.75, 3.05) is 31.3 Å². The van der Waals surface area contributed by atoms with E-state index >= 15 is 0 Å². The fourth-order valence-corrected chi connectivity index (χ4v) is 4.74. The number of amides is 1. The number of aliphatic hydroxyl groups excluding tert-OH is 1. The van der Waals surface area contributed by atoms with Crippen molar-refractivity contribution in [3.63, 3.8) is 0 Å². The molecule has 0 spiro atoms. The molecule has 9 nitrogen and oxygen atoms in total. The number of hydrogen-bond acceptors (Lipinski definition) is 8. The summed E-state index contributed by atoms with van der Waals surface area (Å²) in [6.45, 7) is 1.85. The van der Waals surface area contributed by atoms with Gasteiger partial charge < -0.3 is 31.1 Å². The summed E-state index contributed by atoms with van der Waals surface area (Å²) in [4.78, 5) is 23.2. The summed E-state index contributed by atoms with van der Waals surface area (Å²) in [5.74, 6) is 0.600. The van der Waals surface area contributed by atoms with Crippen LogP contribution in [0.3, 0.4) is 0 Å².